The van der Waals surface area contributed by atoms with Gasteiger partial charge in [-0.05, 0) is 72.8 Å². The molecule has 43 heavy (non-hydrogen) atoms. The summed E-state index contributed by atoms with van der Waals surface area (Å²) in [5.41, 5.74) is 0.350. The average molecular weight is 597 g/mol. The molecule has 0 bridgehead atoms. The Bertz CT molecular complexity index is 1430. The van der Waals surface area contributed by atoms with E-state index in [2.05, 4.69) is 0 Å². The Morgan fingerprint density at radius 3 is 1.56 bits per heavy atom. The minimum absolute atomic E-state index is 0.134. The highest BCUT2D eigenvalue weighted by molar-refractivity contribution is 5.91. The minimum Gasteiger partial charge on any atom is -0.462 e. The van der Waals surface area contributed by atoms with Crippen LogP contribution in [-0.2, 0) is 19.1 Å². The van der Waals surface area contributed by atoms with Gasteiger partial charge in [0.1, 0.15) is 54.0 Å². The van der Waals surface area contributed by atoms with E-state index < -0.39 is 61.2 Å². The van der Waals surface area contributed by atoms with Crippen LogP contribution in [0.4, 0.5) is 0 Å². The van der Waals surface area contributed by atoms with Gasteiger partial charge in [0.05, 0.1) is 11.1 Å². The number of aliphatic hydroxyl groups excluding tert-OH is 3. The second kappa shape index (κ2) is 13.9. The predicted molar refractivity (Wildman–Crippen MR) is 144 cm³/mol. The van der Waals surface area contributed by atoms with Gasteiger partial charge < -0.3 is 43.7 Å². The molecular weight excluding hydrogens is 568 g/mol. The summed E-state index contributed by atoms with van der Waals surface area (Å²) in [7, 11) is 0. The maximum absolute atomic E-state index is 12.4. The van der Waals surface area contributed by atoms with E-state index in [1.165, 1.54) is 86.6 Å². The van der Waals surface area contributed by atoms with Gasteiger partial charge in [0.15, 0.2) is 0 Å². The zero-order chi connectivity index (χ0) is 31.1. The third kappa shape index (κ3) is 8.36. The largest absolute Gasteiger partial charge is 0.462 e. The van der Waals surface area contributed by atoms with E-state index >= 15 is 0 Å². The van der Waals surface area contributed by atoms with Crippen LogP contribution in [0.15, 0.2) is 72.8 Å². The topological polar surface area (TPSA) is 184 Å². The molecule has 13 nitrogen and oxygen atoms in total. The summed E-state index contributed by atoms with van der Waals surface area (Å²) in [6.07, 6.45) is -7.63. The number of benzene rings is 3. The van der Waals surface area contributed by atoms with Gasteiger partial charge in [0.25, 0.3) is 0 Å². The first kappa shape index (κ1) is 31.1. The monoisotopic (exact) mass is 596 g/mol. The average Bonchev–Trinajstić information content (AvgIpc) is 2.97. The summed E-state index contributed by atoms with van der Waals surface area (Å²) in [5.74, 6) is -1.58. The molecule has 5 atom stereocenters. The lowest BCUT2D eigenvalue weighted by Gasteiger charge is -2.39. The van der Waals surface area contributed by atoms with Crippen molar-refractivity contribution in [3.63, 3.8) is 0 Å². The zero-order valence-electron chi connectivity index (χ0n) is 22.9. The molecule has 1 heterocycles. The van der Waals surface area contributed by atoms with Crippen LogP contribution in [0, 0.1) is 0 Å². The Labute approximate surface area is 245 Å². The van der Waals surface area contributed by atoms with Crippen LogP contribution in [0.5, 0.6) is 23.0 Å². The fourth-order valence-corrected chi connectivity index (χ4v) is 3.93. The van der Waals surface area contributed by atoms with Crippen LogP contribution in [0.25, 0.3) is 0 Å². The molecule has 0 aromatic heterocycles. The number of carbonyl (C=O) groups excluding carboxylic acids is 4. The van der Waals surface area contributed by atoms with E-state index in [4.69, 9.17) is 28.4 Å². The number of rotatable bonds is 9. The van der Waals surface area contributed by atoms with Crippen LogP contribution in [0.3, 0.4) is 0 Å². The van der Waals surface area contributed by atoms with Gasteiger partial charge in [0.2, 0.25) is 6.29 Å². The van der Waals surface area contributed by atoms with Crippen molar-refractivity contribution in [2.75, 3.05) is 6.61 Å². The third-order valence-electron chi connectivity index (χ3n) is 6.04. The molecule has 1 saturated heterocycles. The Morgan fingerprint density at radius 1 is 0.605 bits per heavy atom. The van der Waals surface area contributed by atoms with Gasteiger partial charge in [-0.3, -0.25) is 9.59 Å². The van der Waals surface area contributed by atoms with E-state index in [1.807, 2.05) is 0 Å². The maximum Gasteiger partial charge on any atom is 0.343 e. The summed E-state index contributed by atoms with van der Waals surface area (Å²) >= 11 is 0. The molecular formula is C30H28O13. The van der Waals surface area contributed by atoms with Crippen molar-refractivity contribution >= 4 is 23.9 Å². The second-order valence-corrected chi connectivity index (χ2v) is 9.33. The highest BCUT2D eigenvalue weighted by Crippen LogP contribution is 2.27. The number of aliphatic hydroxyl groups is 3. The molecule has 0 unspecified atom stereocenters. The minimum atomic E-state index is -1.68. The molecule has 0 spiro atoms. The molecule has 0 saturated carbocycles. The number of ether oxygens (including phenoxy) is 6. The van der Waals surface area contributed by atoms with E-state index in [0.717, 1.165) is 0 Å². The van der Waals surface area contributed by atoms with Crippen LogP contribution < -0.4 is 18.9 Å². The second-order valence-electron chi connectivity index (χ2n) is 9.33. The van der Waals surface area contributed by atoms with Gasteiger partial charge in [-0.2, -0.15) is 0 Å². The number of carbonyl (C=O) groups is 4. The Hall–Kier alpha value is -4.82. The normalized spacial score (nSPS) is 21.3. The summed E-state index contributed by atoms with van der Waals surface area (Å²) in [6, 6.07) is 17.1. The molecule has 0 aliphatic carbocycles. The van der Waals surface area contributed by atoms with Crippen LogP contribution in [-0.4, -0.2) is 76.5 Å². The molecule has 13 heteroatoms. The SMILES string of the molecule is CC(=O)Oc1ccc(C(=O)OC[C@H]2O[C@@H](Oc3ccc(OC(=O)c4ccc(OC(C)=O)cc4)cc3)[C@H](O)[C@@H](O)[C@@H]2O)cc1. The lowest BCUT2D eigenvalue weighted by molar-refractivity contribution is -0.277. The molecule has 3 N–H and O–H groups in total. The molecule has 4 rings (SSSR count). The first-order valence-electron chi connectivity index (χ1n) is 12.9. The van der Waals surface area contributed by atoms with Crippen LogP contribution >= 0.6 is 0 Å². The Morgan fingerprint density at radius 2 is 1.05 bits per heavy atom. The standard InChI is InChI=1S/C30H28O13/c1-16(31)39-20-7-3-18(4-8-20)28(36)38-15-24-25(33)26(34)27(35)30(43-24)42-23-13-11-22(12-14-23)41-29(37)19-5-9-21(10-6-19)40-17(2)32/h3-14,24-27,30,33-35H,15H2,1-2H3/t24-,25-,26+,27-,30-/m1/s1. The van der Waals surface area contributed by atoms with E-state index in [9.17, 15) is 34.5 Å². The fourth-order valence-electron chi connectivity index (χ4n) is 3.93. The van der Waals surface area contributed by atoms with Crippen molar-refractivity contribution in [2.24, 2.45) is 0 Å². The van der Waals surface area contributed by atoms with Gasteiger partial charge >= 0.3 is 23.9 Å². The van der Waals surface area contributed by atoms with Gasteiger partial charge in [0, 0.05) is 13.8 Å². The highest BCUT2D eigenvalue weighted by Gasteiger charge is 2.45. The van der Waals surface area contributed by atoms with Crippen molar-refractivity contribution < 1.29 is 62.9 Å². The van der Waals surface area contributed by atoms with E-state index in [1.54, 1.807) is 0 Å². The first-order valence-corrected chi connectivity index (χ1v) is 12.9. The zero-order valence-corrected chi connectivity index (χ0v) is 22.9. The molecule has 1 aliphatic rings. The number of esters is 4. The molecule has 3 aromatic carbocycles. The third-order valence-corrected chi connectivity index (χ3v) is 6.04. The Kier molecular flexibility index (Phi) is 10.1. The van der Waals surface area contributed by atoms with Gasteiger partial charge in [-0.1, -0.05) is 0 Å². The van der Waals surface area contributed by atoms with Crippen molar-refractivity contribution in [3.8, 4) is 23.0 Å². The van der Waals surface area contributed by atoms with Crippen molar-refractivity contribution in [3.05, 3.63) is 83.9 Å². The van der Waals surface area contributed by atoms with Gasteiger partial charge in [-0.15, -0.1) is 0 Å². The predicted octanol–water partition coefficient (Wildman–Crippen LogP) is 1.80. The maximum atomic E-state index is 12.4. The molecule has 3 aromatic rings. The molecule has 1 aliphatic heterocycles. The van der Waals surface area contributed by atoms with Crippen molar-refractivity contribution in [1.29, 1.82) is 0 Å². The van der Waals surface area contributed by atoms with Crippen molar-refractivity contribution in [1.82, 2.24) is 0 Å². The van der Waals surface area contributed by atoms with E-state index in [-0.39, 0.29) is 34.1 Å². The van der Waals surface area contributed by atoms with Crippen LogP contribution in [0.1, 0.15) is 34.6 Å². The van der Waals surface area contributed by atoms with E-state index in [0.29, 0.717) is 0 Å². The van der Waals surface area contributed by atoms with Crippen LogP contribution in [0.2, 0.25) is 0 Å². The smallest absolute Gasteiger partial charge is 0.343 e. The molecule has 0 amide bonds. The lowest BCUT2D eigenvalue weighted by atomic mass is 9.99. The summed E-state index contributed by atoms with van der Waals surface area (Å²) in [4.78, 5) is 46.9. The Balaban J connectivity index is 1.32. The van der Waals surface area contributed by atoms with Crippen molar-refractivity contribution in [2.45, 2.75) is 44.6 Å². The number of hydrogen-bond acceptors (Lipinski definition) is 13. The highest BCUT2D eigenvalue weighted by atomic mass is 16.7. The molecule has 0 radical (unpaired) electrons. The lowest BCUT2D eigenvalue weighted by Crippen LogP contribution is -2.60. The quantitative estimate of drug-likeness (QED) is 0.240. The fraction of sp³-hybridized carbons (Fsp3) is 0.267. The van der Waals surface area contributed by atoms with Gasteiger partial charge in [-0.25, -0.2) is 9.59 Å². The number of hydrogen-bond donors (Lipinski definition) is 3. The summed E-state index contributed by atoms with van der Waals surface area (Å²) < 4.78 is 31.6. The first-order chi connectivity index (χ1) is 20.5. The summed E-state index contributed by atoms with van der Waals surface area (Å²) in [5, 5.41) is 31.1. The molecule has 226 valence electrons. The molecule has 1 fully saturated rings. The summed E-state index contributed by atoms with van der Waals surface area (Å²) in [6.45, 7) is 2.02.